The van der Waals surface area contributed by atoms with Gasteiger partial charge in [-0.05, 0) is 13.3 Å². The maximum absolute atomic E-state index is 5.62. The Morgan fingerprint density at radius 3 is 2.65 bits per heavy atom. The third kappa shape index (κ3) is 5.52. The fraction of sp³-hybridized carbons (Fsp3) is 0.692. The van der Waals surface area contributed by atoms with Crippen LogP contribution in [0.2, 0.25) is 0 Å². The summed E-state index contributed by atoms with van der Waals surface area (Å²) in [5, 5.41) is 3.00. The van der Waals surface area contributed by atoms with Gasteiger partial charge in [-0.3, -0.25) is 0 Å². The van der Waals surface area contributed by atoms with Crippen LogP contribution in [0.5, 0.6) is 5.88 Å². The number of hydrogen-bond donors (Lipinski definition) is 1. The van der Waals surface area contributed by atoms with Crippen molar-refractivity contribution in [2.24, 2.45) is 0 Å². The van der Waals surface area contributed by atoms with E-state index in [0.717, 1.165) is 24.7 Å². The average molecular weight is 237 g/mol. The van der Waals surface area contributed by atoms with Crippen molar-refractivity contribution in [3.8, 4) is 5.88 Å². The standard InChI is InChI=1S/C13H23N3O/c1-4-5-6-7-8-9-17-13-10-12(14-3)15-11(2)16-13/h10H,4-9H2,1-3H3,(H,14,15,16). The topological polar surface area (TPSA) is 47.0 Å². The molecule has 1 aromatic rings. The first kappa shape index (κ1) is 13.7. The van der Waals surface area contributed by atoms with Crippen molar-refractivity contribution >= 4 is 5.82 Å². The molecule has 1 aromatic heterocycles. The van der Waals surface area contributed by atoms with Gasteiger partial charge in [-0.1, -0.05) is 32.6 Å². The molecule has 4 nitrogen and oxygen atoms in total. The molecular weight excluding hydrogens is 214 g/mol. The van der Waals surface area contributed by atoms with Crippen molar-refractivity contribution in [3.05, 3.63) is 11.9 Å². The van der Waals surface area contributed by atoms with Gasteiger partial charge in [0, 0.05) is 13.1 Å². The summed E-state index contributed by atoms with van der Waals surface area (Å²) in [6, 6.07) is 1.83. The second kappa shape index (κ2) is 7.87. The van der Waals surface area contributed by atoms with Crippen LogP contribution in [0.4, 0.5) is 5.82 Å². The Morgan fingerprint density at radius 1 is 1.18 bits per heavy atom. The molecule has 1 rings (SSSR count). The SMILES string of the molecule is CCCCCCCOc1cc(NC)nc(C)n1. The Morgan fingerprint density at radius 2 is 1.94 bits per heavy atom. The van der Waals surface area contributed by atoms with E-state index in [-0.39, 0.29) is 0 Å². The van der Waals surface area contributed by atoms with Crippen LogP contribution < -0.4 is 10.1 Å². The summed E-state index contributed by atoms with van der Waals surface area (Å²) in [6.07, 6.45) is 6.22. The van der Waals surface area contributed by atoms with Crippen molar-refractivity contribution < 1.29 is 4.74 Å². The largest absolute Gasteiger partial charge is 0.478 e. The molecule has 0 saturated heterocycles. The van der Waals surface area contributed by atoms with Gasteiger partial charge in [0.25, 0.3) is 0 Å². The van der Waals surface area contributed by atoms with Crippen molar-refractivity contribution in [2.45, 2.75) is 46.0 Å². The second-order valence-corrected chi connectivity index (χ2v) is 4.15. The maximum Gasteiger partial charge on any atom is 0.218 e. The summed E-state index contributed by atoms with van der Waals surface area (Å²) in [6.45, 7) is 4.83. The molecule has 0 unspecified atom stereocenters. The van der Waals surface area contributed by atoms with E-state index in [1.54, 1.807) is 0 Å². The fourth-order valence-corrected chi connectivity index (χ4v) is 1.62. The number of rotatable bonds is 8. The zero-order chi connectivity index (χ0) is 12.5. The molecule has 4 heteroatoms. The van der Waals surface area contributed by atoms with Crippen LogP contribution in [0.25, 0.3) is 0 Å². The Hall–Kier alpha value is -1.32. The van der Waals surface area contributed by atoms with Gasteiger partial charge < -0.3 is 10.1 Å². The van der Waals surface area contributed by atoms with Gasteiger partial charge in [0.1, 0.15) is 11.6 Å². The zero-order valence-electron chi connectivity index (χ0n) is 11.1. The van der Waals surface area contributed by atoms with Crippen LogP contribution in [0, 0.1) is 6.92 Å². The Kier molecular flexibility index (Phi) is 6.37. The highest BCUT2D eigenvalue weighted by atomic mass is 16.5. The van der Waals surface area contributed by atoms with E-state index in [1.165, 1.54) is 25.7 Å². The lowest BCUT2D eigenvalue weighted by Crippen LogP contribution is -2.03. The maximum atomic E-state index is 5.62. The highest BCUT2D eigenvalue weighted by molar-refractivity contribution is 5.37. The van der Waals surface area contributed by atoms with E-state index in [9.17, 15) is 0 Å². The minimum absolute atomic E-state index is 0.664. The van der Waals surface area contributed by atoms with E-state index >= 15 is 0 Å². The minimum Gasteiger partial charge on any atom is -0.478 e. The van der Waals surface area contributed by atoms with E-state index in [2.05, 4.69) is 22.2 Å². The number of ether oxygens (including phenoxy) is 1. The van der Waals surface area contributed by atoms with Gasteiger partial charge in [-0.2, -0.15) is 4.98 Å². The van der Waals surface area contributed by atoms with Gasteiger partial charge in [-0.25, -0.2) is 4.98 Å². The Labute approximate surface area is 104 Å². The third-order valence-corrected chi connectivity index (χ3v) is 2.57. The van der Waals surface area contributed by atoms with Crippen molar-refractivity contribution in [3.63, 3.8) is 0 Å². The van der Waals surface area contributed by atoms with Gasteiger partial charge in [-0.15, -0.1) is 0 Å². The van der Waals surface area contributed by atoms with Crippen LogP contribution in [-0.2, 0) is 0 Å². The predicted molar refractivity (Wildman–Crippen MR) is 70.6 cm³/mol. The van der Waals surface area contributed by atoms with Crippen LogP contribution >= 0.6 is 0 Å². The number of aryl methyl sites for hydroxylation is 1. The molecular formula is C13H23N3O. The van der Waals surface area contributed by atoms with E-state index in [1.807, 2.05) is 20.0 Å². The number of nitrogens with one attached hydrogen (secondary N) is 1. The van der Waals surface area contributed by atoms with Gasteiger partial charge in [0.15, 0.2) is 0 Å². The summed E-state index contributed by atoms with van der Waals surface area (Å²) >= 11 is 0. The van der Waals surface area contributed by atoms with Crippen LogP contribution in [0.1, 0.15) is 44.9 Å². The van der Waals surface area contributed by atoms with Gasteiger partial charge >= 0.3 is 0 Å². The monoisotopic (exact) mass is 237 g/mol. The first-order valence-electron chi connectivity index (χ1n) is 6.42. The summed E-state index contributed by atoms with van der Waals surface area (Å²) in [7, 11) is 1.84. The number of aromatic nitrogens is 2. The molecule has 17 heavy (non-hydrogen) atoms. The Balaban J connectivity index is 2.28. The molecule has 1 N–H and O–H groups in total. The molecule has 0 fully saturated rings. The second-order valence-electron chi connectivity index (χ2n) is 4.15. The van der Waals surface area contributed by atoms with Crippen molar-refractivity contribution in [1.29, 1.82) is 0 Å². The molecule has 0 aliphatic rings. The van der Waals surface area contributed by atoms with E-state index in [0.29, 0.717) is 5.88 Å². The summed E-state index contributed by atoms with van der Waals surface area (Å²) in [4.78, 5) is 8.46. The van der Waals surface area contributed by atoms with Crippen molar-refractivity contribution in [1.82, 2.24) is 9.97 Å². The molecule has 0 aromatic carbocycles. The Bertz CT molecular complexity index is 328. The van der Waals surface area contributed by atoms with Crippen LogP contribution in [-0.4, -0.2) is 23.6 Å². The van der Waals surface area contributed by atoms with E-state index in [4.69, 9.17) is 4.74 Å². The molecule has 1 heterocycles. The quantitative estimate of drug-likeness (QED) is 0.705. The normalized spacial score (nSPS) is 10.3. The van der Waals surface area contributed by atoms with Gasteiger partial charge in [0.05, 0.1) is 6.61 Å². The number of hydrogen-bond acceptors (Lipinski definition) is 4. The lowest BCUT2D eigenvalue weighted by atomic mass is 10.2. The molecule has 0 atom stereocenters. The predicted octanol–water partition coefficient (Wildman–Crippen LogP) is 3.18. The third-order valence-electron chi connectivity index (χ3n) is 2.57. The summed E-state index contributed by atoms with van der Waals surface area (Å²) in [5.74, 6) is 2.20. The molecule has 0 saturated carbocycles. The fourth-order valence-electron chi connectivity index (χ4n) is 1.62. The van der Waals surface area contributed by atoms with E-state index < -0.39 is 0 Å². The highest BCUT2D eigenvalue weighted by Crippen LogP contribution is 2.13. The summed E-state index contributed by atoms with van der Waals surface area (Å²) in [5.41, 5.74) is 0. The molecule has 0 amide bonds. The highest BCUT2D eigenvalue weighted by Gasteiger charge is 2.01. The summed E-state index contributed by atoms with van der Waals surface area (Å²) < 4.78 is 5.62. The molecule has 0 bridgehead atoms. The van der Waals surface area contributed by atoms with Crippen LogP contribution in [0.15, 0.2) is 6.07 Å². The molecule has 0 aliphatic carbocycles. The average Bonchev–Trinajstić information content (AvgIpc) is 2.33. The number of unbranched alkanes of at least 4 members (excludes halogenated alkanes) is 4. The zero-order valence-corrected chi connectivity index (χ0v) is 11.1. The van der Waals surface area contributed by atoms with Crippen LogP contribution in [0.3, 0.4) is 0 Å². The first-order valence-corrected chi connectivity index (χ1v) is 6.42. The molecule has 0 spiro atoms. The molecule has 0 radical (unpaired) electrons. The lowest BCUT2D eigenvalue weighted by molar-refractivity contribution is 0.292. The van der Waals surface area contributed by atoms with Crippen molar-refractivity contribution in [2.75, 3.05) is 19.0 Å². The lowest BCUT2D eigenvalue weighted by Gasteiger charge is -2.07. The molecule has 0 aliphatic heterocycles. The molecule has 96 valence electrons. The van der Waals surface area contributed by atoms with Gasteiger partial charge in [0.2, 0.25) is 5.88 Å². The first-order chi connectivity index (χ1) is 8.26. The smallest absolute Gasteiger partial charge is 0.218 e. The minimum atomic E-state index is 0.664. The number of nitrogens with zero attached hydrogens (tertiary/aromatic N) is 2. The number of anilines is 1.